The fourth-order valence-electron chi connectivity index (χ4n) is 0.996. The van der Waals surface area contributed by atoms with Crippen LogP contribution in [0.2, 0.25) is 0 Å². The van der Waals surface area contributed by atoms with Crippen LogP contribution >= 0.6 is 15.9 Å². The molecule has 1 rings (SSSR count). The highest BCUT2D eigenvalue weighted by Gasteiger charge is 1.99. The Morgan fingerprint density at radius 2 is 1.92 bits per heavy atom. The summed E-state index contributed by atoms with van der Waals surface area (Å²) in [7, 11) is 0. The van der Waals surface area contributed by atoms with Crippen molar-refractivity contribution in [3.05, 3.63) is 29.8 Å². The molecule has 1 aromatic rings. The second-order valence-electron chi connectivity index (χ2n) is 2.62. The third-order valence-corrected chi connectivity index (χ3v) is 2.18. The van der Waals surface area contributed by atoms with E-state index in [2.05, 4.69) is 35.0 Å². The number of halogens is 1. The van der Waals surface area contributed by atoms with Crippen molar-refractivity contribution < 1.29 is 4.74 Å². The normalized spacial score (nSPS) is 12.6. The summed E-state index contributed by atoms with van der Waals surface area (Å²) in [4.78, 5) is 0.410. The van der Waals surface area contributed by atoms with Gasteiger partial charge in [-0.3, -0.25) is 0 Å². The Kier molecular flexibility index (Phi) is 3.60. The van der Waals surface area contributed by atoms with Gasteiger partial charge in [-0.2, -0.15) is 0 Å². The molecular formula is C10H13BrO. The van der Waals surface area contributed by atoms with Crippen LogP contribution in [0.3, 0.4) is 0 Å². The highest BCUT2D eigenvalue weighted by atomic mass is 79.9. The van der Waals surface area contributed by atoms with Gasteiger partial charge in [0.05, 0.1) is 6.61 Å². The number of rotatable bonds is 3. The van der Waals surface area contributed by atoms with Crippen molar-refractivity contribution in [3.63, 3.8) is 0 Å². The second-order valence-corrected chi connectivity index (χ2v) is 3.99. The summed E-state index contributed by atoms with van der Waals surface area (Å²) in [5.41, 5.74) is 1.28. The summed E-state index contributed by atoms with van der Waals surface area (Å²) >= 11 is 3.51. The first-order valence-electron chi connectivity index (χ1n) is 4.11. The fraction of sp³-hybridized carbons (Fsp3) is 0.400. The molecule has 0 bridgehead atoms. The molecule has 0 fully saturated rings. The molecule has 2 heteroatoms. The Bertz CT molecular complexity index is 228. The molecule has 0 aliphatic carbocycles. The maximum Gasteiger partial charge on any atom is 0.119 e. The number of benzene rings is 1. The zero-order valence-corrected chi connectivity index (χ0v) is 8.97. The van der Waals surface area contributed by atoms with Gasteiger partial charge in [-0.05, 0) is 31.5 Å². The van der Waals surface area contributed by atoms with Gasteiger partial charge in [0.2, 0.25) is 0 Å². The molecule has 1 atom stereocenters. The van der Waals surface area contributed by atoms with Crippen molar-refractivity contribution >= 4 is 15.9 Å². The van der Waals surface area contributed by atoms with E-state index in [0.29, 0.717) is 4.83 Å². The first kappa shape index (κ1) is 9.59. The Balaban J connectivity index is 2.71. The lowest BCUT2D eigenvalue weighted by Crippen LogP contribution is -1.91. The summed E-state index contributed by atoms with van der Waals surface area (Å²) < 4.78 is 5.33. The molecule has 0 N–H and O–H groups in total. The molecule has 0 saturated carbocycles. The van der Waals surface area contributed by atoms with Crippen LogP contribution in [0, 0.1) is 0 Å². The van der Waals surface area contributed by atoms with Crippen LogP contribution in [0.5, 0.6) is 5.75 Å². The van der Waals surface area contributed by atoms with E-state index in [-0.39, 0.29) is 0 Å². The summed E-state index contributed by atoms with van der Waals surface area (Å²) in [5, 5.41) is 0. The average molecular weight is 229 g/mol. The lowest BCUT2D eigenvalue weighted by Gasteiger charge is -2.05. The van der Waals surface area contributed by atoms with Crippen molar-refractivity contribution in [1.82, 2.24) is 0 Å². The van der Waals surface area contributed by atoms with Crippen LogP contribution in [-0.4, -0.2) is 6.61 Å². The molecule has 0 radical (unpaired) electrons. The van der Waals surface area contributed by atoms with Gasteiger partial charge >= 0.3 is 0 Å². The molecule has 1 nitrogen and oxygen atoms in total. The first-order chi connectivity index (χ1) is 5.74. The monoisotopic (exact) mass is 228 g/mol. The summed E-state index contributed by atoms with van der Waals surface area (Å²) in [6.45, 7) is 4.82. The van der Waals surface area contributed by atoms with E-state index in [1.807, 2.05) is 19.1 Å². The third kappa shape index (κ3) is 2.52. The number of hydrogen-bond donors (Lipinski definition) is 0. The molecule has 0 aliphatic rings. The molecule has 0 amide bonds. The largest absolute Gasteiger partial charge is 0.494 e. The highest BCUT2D eigenvalue weighted by Crippen LogP contribution is 2.23. The topological polar surface area (TPSA) is 9.23 Å². The van der Waals surface area contributed by atoms with Crippen molar-refractivity contribution in [2.24, 2.45) is 0 Å². The van der Waals surface area contributed by atoms with Crippen LogP contribution in [-0.2, 0) is 0 Å². The Morgan fingerprint density at radius 1 is 1.33 bits per heavy atom. The minimum atomic E-state index is 0.410. The molecular weight excluding hydrogens is 216 g/mol. The van der Waals surface area contributed by atoms with E-state index in [1.165, 1.54) is 5.56 Å². The maximum absolute atomic E-state index is 5.33. The van der Waals surface area contributed by atoms with Gasteiger partial charge in [-0.15, -0.1) is 0 Å². The molecule has 1 unspecified atom stereocenters. The van der Waals surface area contributed by atoms with Crippen LogP contribution in [0.15, 0.2) is 24.3 Å². The molecule has 0 spiro atoms. The van der Waals surface area contributed by atoms with Crippen molar-refractivity contribution in [3.8, 4) is 5.75 Å². The quantitative estimate of drug-likeness (QED) is 0.720. The summed E-state index contributed by atoms with van der Waals surface area (Å²) in [6, 6.07) is 8.14. The smallest absolute Gasteiger partial charge is 0.119 e. The van der Waals surface area contributed by atoms with Crippen LogP contribution in [0.4, 0.5) is 0 Å². The minimum Gasteiger partial charge on any atom is -0.494 e. The van der Waals surface area contributed by atoms with Gasteiger partial charge < -0.3 is 4.74 Å². The summed E-state index contributed by atoms with van der Waals surface area (Å²) in [5.74, 6) is 0.939. The highest BCUT2D eigenvalue weighted by molar-refractivity contribution is 9.09. The first-order valence-corrected chi connectivity index (χ1v) is 5.02. The number of ether oxygens (including phenoxy) is 1. The second kappa shape index (κ2) is 4.51. The molecule has 66 valence electrons. The predicted molar refractivity (Wildman–Crippen MR) is 55.0 cm³/mol. The van der Waals surface area contributed by atoms with Crippen molar-refractivity contribution in [2.45, 2.75) is 18.7 Å². The standard InChI is InChI=1S/C10H13BrO/c1-3-12-10-6-4-9(5-7-10)8(2)11/h4-8H,3H2,1-2H3. The van der Waals surface area contributed by atoms with Gasteiger partial charge in [0, 0.05) is 4.83 Å². The van der Waals surface area contributed by atoms with Gasteiger partial charge in [0.1, 0.15) is 5.75 Å². The number of hydrogen-bond acceptors (Lipinski definition) is 1. The number of alkyl halides is 1. The van der Waals surface area contributed by atoms with E-state index in [9.17, 15) is 0 Å². The Hall–Kier alpha value is -0.500. The molecule has 0 aromatic heterocycles. The molecule has 12 heavy (non-hydrogen) atoms. The van der Waals surface area contributed by atoms with Gasteiger partial charge in [-0.25, -0.2) is 0 Å². The van der Waals surface area contributed by atoms with E-state index >= 15 is 0 Å². The van der Waals surface area contributed by atoms with E-state index in [1.54, 1.807) is 0 Å². The van der Waals surface area contributed by atoms with Crippen LogP contribution in [0.1, 0.15) is 24.2 Å². The van der Waals surface area contributed by atoms with Crippen LogP contribution < -0.4 is 4.74 Å². The SMILES string of the molecule is CCOc1ccc(C(C)Br)cc1. The predicted octanol–water partition coefficient (Wildman–Crippen LogP) is 3.54. The lowest BCUT2D eigenvalue weighted by molar-refractivity contribution is 0.340. The van der Waals surface area contributed by atoms with E-state index in [4.69, 9.17) is 4.74 Å². The van der Waals surface area contributed by atoms with E-state index < -0.39 is 0 Å². The zero-order chi connectivity index (χ0) is 8.97. The Morgan fingerprint density at radius 3 is 2.33 bits per heavy atom. The average Bonchev–Trinajstić information content (AvgIpc) is 2.06. The lowest BCUT2D eigenvalue weighted by atomic mass is 10.2. The zero-order valence-electron chi connectivity index (χ0n) is 7.38. The Labute approximate surface area is 81.9 Å². The molecule has 1 aromatic carbocycles. The molecule has 0 aliphatic heterocycles. The molecule has 0 saturated heterocycles. The summed E-state index contributed by atoms with van der Waals surface area (Å²) in [6.07, 6.45) is 0. The van der Waals surface area contributed by atoms with E-state index in [0.717, 1.165) is 12.4 Å². The minimum absolute atomic E-state index is 0.410. The van der Waals surface area contributed by atoms with Gasteiger partial charge in [0.15, 0.2) is 0 Å². The van der Waals surface area contributed by atoms with Gasteiger partial charge in [-0.1, -0.05) is 28.1 Å². The van der Waals surface area contributed by atoms with Gasteiger partial charge in [0.25, 0.3) is 0 Å². The van der Waals surface area contributed by atoms with Crippen molar-refractivity contribution in [2.75, 3.05) is 6.61 Å². The third-order valence-electron chi connectivity index (χ3n) is 1.65. The molecule has 0 heterocycles. The van der Waals surface area contributed by atoms with Crippen molar-refractivity contribution in [1.29, 1.82) is 0 Å². The maximum atomic E-state index is 5.33. The van der Waals surface area contributed by atoms with Crippen LogP contribution in [0.25, 0.3) is 0 Å². The fourth-order valence-corrected chi connectivity index (χ4v) is 1.30.